The first-order valence-electron chi connectivity index (χ1n) is 6.47. The van der Waals surface area contributed by atoms with Gasteiger partial charge >= 0.3 is 17.9 Å². The molecule has 1 heterocycles. The SMILES string of the molecule is O=C(O)CNS(=O)(=O)c1ccc(OCC(=O)O)c2oc(C(=O)O)cc12. The van der Waals surface area contributed by atoms with Crippen molar-refractivity contribution in [1.29, 1.82) is 0 Å². The van der Waals surface area contributed by atoms with Gasteiger partial charge in [-0.2, -0.15) is 4.72 Å². The van der Waals surface area contributed by atoms with Crippen LogP contribution in [0.2, 0.25) is 0 Å². The number of benzene rings is 1. The molecule has 0 saturated heterocycles. The van der Waals surface area contributed by atoms with Gasteiger partial charge < -0.3 is 24.5 Å². The van der Waals surface area contributed by atoms with Crippen molar-refractivity contribution in [2.45, 2.75) is 4.90 Å². The molecule has 11 nitrogen and oxygen atoms in total. The first kappa shape index (κ1) is 18.2. The lowest BCUT2D eigenvalue weighted by Gasteiger charge is -2.08. The third-order valence-corrected chi connectivity index (χ3v) is 4.33. The molecule has 25 heavy (non-hydrogen) atoms. The van der Waals surface area contributed by atoms with Crippen molar-refractivity contribution >= 4 is 38.9 Å². The molecule has 0 aliphatic carbocycles. The molecule has 0 fully saturated rings. The fourth-order valence-corrected chi connectivity index (χ4v) is 3.06. The van der Waals surface area contributed by atoms with E-state index in [1.807, 2.05) is 4.72 Å². The Hall–Kier alpha value is -3.12. The maximum Gasteiger partial charge on any atom is 0.371 e. The molecule has 0 aliphatic heterocycles. The smallest absolute Gasteiger partial charge is 0.371 e. The van der Waals surface area contributed by atoms with Gasteiger partial charge in [0, 0.05) is 11.5 Å². The van der Waals surface area contributed by atoms with Crippen LogP contribution in [0, 0.1) is 0 Å². The summed E-state index contributed by atoms with van der Waals surface area (Å²) in [6.45, 7) is -1.65. The molecule has 0 saturated carbocycles. The van der Waals surface area contributed by atoms with E-state index in [2.05, 4.69) is 0 Å². The number of nitrogens with one attached hydrogen (secondary N) is 1. The van der Waals surface area contributed by atoms with Crippen LogP contribution in [0.15, 0.2) is 27.5 Å². The monoisotopic (exact) mass is 373 g/mol. The Morgan fingerprint density at radius 1 is 1.12 bits per heavy atom. The van der Waals surface area contributed by atoms with E-state index in [1.54, 1.807) is 0 Å². The highest BCUT2D eigenvalue weighted by Gasteiger charge is 2.24. The molecule has 0 aliphatic rings. The molecule has 0 radical (unpaired) electrons. The molecule has 1 aromatic heterocycles. The van der Waals surface area contributed by atoms with E-state index in [1.165, 1.54) is 0 Å². The summed E-state index contributed by atoms with van der Waals surface area (Å²) in [5.41, 5.74) is -0.295. The molecule has 4 N–H and O–H groups in total. The molecule has 0 amide bonds. The van der Waals surface area contributed by atoms with Gasteiger partial charge in [-0.15, -0.1) is 0 Å². The molecule has 12 heteroatoms. The summed E-state index contributed by atoms with van der Waals surface area (Å²) in [4.78, 5) is 31.7. The summed E-state index contributed by atoms with van der Waals surface area (Å²) in [6.07, 6.45) is 0. The van der Waals surface area contributed by atoms with Gasteiger partial charge in [0.05, 0.1) is 4.90 Å². The molecule has 134 valence electrons. The second kappa shape index (κ2) is 6.78. The van der Waals surface area contributed by atoms with Crippen molar-refractivity contribution in [3.63, 3.8) is 0 Å². The quantitative estimate of drug-likeness (QED) is 0.490. The summed E-state index contributed by atoms with van der Waals surface area (Å²) in [5.74, 6) is -4.99. The van der Waals surface area contributed by atoms with Crippen LogP contribution in [-0.2, 0) is 19.6 Å². The number of aliphatic carboxylic acids is 2. The predicted octanol–water partition coefficient (Wildman–Crippen LogP) is -0.0427. The fraction of sp³-hybridized carbons (Fsp3) is 0.154. The van der Waals surface area contributed by atoms with Gasteiger partial charge in [0.25, 0.3) is 0 Å². The highest BCUT2D eigenvalue weighted by atomic mass is 32.2. The van der Waals surface area contributed by atoms with Crippen LogP contribution in [0.3, 0.4) is 0 Å². The number of carbonyl (C=O) groups is 3. The molecule has 2 aromatic rings. The number of rotatable bonds is 8. The van der Waals surface area contributed by atoms with Gasteiger partial charge in [0.1, 0.15) is 6.54 Å². The summed E-state index contributed by atoms with van der Waals surface area (Å²) in [5, 5.41) is 26.0. The second-order valence-electron chi connectivity index (χ2n) is 4.62. The maximum atomic E-state index is 12.2. The zero-order valence-corrected chi connectivity index (χ0v) is 13.1. The Labute approximate surface area is 139 Å². The largest absolute Gasteiger partial charge is 0.480 e. The lowest BCUT2D eigenvalue weighted by atomic mass is 10.2. The normalized spacial score (nSPS) is 11.4. The first-order valence-corrected chi connectivity index (χ1v) is 7.96. The number of carboxylic acid groups (broad SMARTS) is 3. The van der Waals surface area contributed by atoms with E-state index >= 15 is 0 Å². The molecule has 0 unspecified atom stereocenters. The summed E-state index contributed by atoms with van der Waals surface area (Å²) < 4.78 is 36.2. The Morgan fingerprint density at radius 2 is 1.80 bits per heavy atom. The minimum Gasteiger partial charge on any atom is -0.480 e. The number of hydrogen-bond donors (Lipinski definition) is 4. The number of furan rings is 1. The van der Waals surface area contributed by atoms with Crippen LogP contribution in [0.4, 0.5) is 0 Å². The number of aromatic carboxylic acids is 1. The Balaban J connectivity index is 2.58. The Kier molecular flexibility index (Phi) is 4.94. The van der Waals surface area contributed by atoms with Gasteiger partial charge in [0.15, 0.2) is 17.9 Å². The molecule has 0 atom stereocenters. The lowest BCUT2D eigenvalue weighted by Crippen LogP contribution is -2.29. The van der Waals surface area contributed by atoms with Crippen molar-refractivity contribution in [2.75, 3.05) is 13.2 Å². The van der Waals surface area contributed by atoms with E-state index in [4.69, 9.17) is 24.5 Å². The van der Waals surface area contributed by atoms with Crippen molar-refractivity contribution < 1.29 is 47.3 Å². The Morgan fingerprint density at radius 3 is 2.36 bits per heavy atom. The van der Waals surface area contributed by atoms with Crippen molar-refractivity contribution in [2.24, 2.45) is 0 Å². The van der Waals surface area contributed by atoms with E-state index in [0.717, 1.165) is 18.2 Å². The molecule has 2 rings (SSSR count). The molecular formula is C13H11NO10S. The van der Waals surface area contributed by atoms with Crippen molar-refractivity contribution in [3.05, 3.63) is 24.0 Å². The lowest BCUT2D eigenvalue weighted by molar-refractivity contribution is -0.139. The van der Waals surface area contributed by atoms with Crippen molar-refractivity contribution in [1.82, 2.24) is 4.72 Å². The topological polar surface area (TPSA) is 180 Å². The van der Waals surface area contributed by atoms with Gasteiger partial charge in [-0.1, -0.05) is 0 Å². The summed E-state index contributed by atoms with van der Waals surface area (Å²) >= 11 is 0. The van der Waals surface area contributed by atoms with Crippen molar-refractivity contribution in [3.8, 4) is 5.75 Å². The van der Waals surface area contributed by atoms with Gasteiger partial charge in [0.2, 0.25) is 15.8 Å². The number of ether oxygens (including phenoxy) is 1. The van der Waals surface area contributed by atoms with Crippen LogP contribution < -0.4 is 9.46 Å². The second-order valence-corrected chi connectivity index (χ2v) is 6.36. The number of hydrogen-bond acceptors (Lipinski definition) is 7. The zero-order valence-electron chi connectivity index (χ0n) is 12.3. The predicted molar refractivity (Wildman–Crippen MR) is 79.1 cm³/mol. The third-order valence-electron chi connectivity index (χ3n) is 2.87. The highest BCUT2D eigenvalue weighted by molar-refractivity contribution is 7.89. The van der Waals surface area contributed by atoms with Crippen LogP contribution in [-0.4, -0.2) is 54.8 Å². The molecule has 0 bridgehead atoms. The van der Waals surface area contributed by atoms with Crippen LogP contribution in [0.5, 0.6) is 5.75 Å². The minimum atomic E-state index is -4.30. The number of fused-ring (bicyclic) bond motifs is 1. The van der Waals surface area contributed by atoms with Gasteiger partial charge in [-0.25, -0.2) is 18.0 Å². The summed E-state index contributed by atoms with van der Waals surface area (Å²) in [6, 6.07) is 3.02. The van der Waals surface area contributed by atoms with E-state index in [-0.39, 0.29) is 16.7 Å². The average Bonchev–Trinajstić information content (AvgIpc) is 2.95. The number of carboxylic acids is 3. The maximum absolute atomic E-state index is 12.2. The first-order chi connectivity index (χ1) is 11.6. The third kappa shape index (κ3) is 4.05. The van der Waals surface area contributed by atoms with Gasteiger partial charge in [-0.05, 0) is 12.1 Å². The van der Waals surface area contributed by atoms with E-state index in [9.17, 15) is 22.8 Å². The fourth-order valence-electron chi connectivity index (χ4n) is 1.90. The van der Waals surface area contributed by atoms with Crippen LogP contribution in [0.25, 0.3) is 11.0 Å². The summed E-state index contributed by atoms with van der Waals surface area (Å²) in [7, 11) is -4.30. The Bertz CT molecular complexity index is 959. The molecule has 1 aromatic carbocycles. The molecule has 0 spiro atoms. The average molecular weight is 373 g/mol. The standard InChI is InChI=1S/C13H11NO10S/c15-10(16)4-14-25(21,22)9-2-1-7(23-5-11(17)18)12-6(9)3-8(24-12)13(19)20/h1-3,14H,4-5H2,(H,15,16)(H,17,18)(H,19,20). The minimum absolute atomic E-state index is 0.179. The van der Waals surface area contributed by atoms with Crippen LogP contribution >= 0.6 is 0 Å². The van der Waals surface area contributed by atoms with E-state index in [0.29, 0.717) is 0 Å². The molecular weight excluding hydrogens is 362 g/mol. The van der Waals surface area contributed by atoms with Crippen LogP contribution in [0.1, 0.15) is 10.6 Å². The van der Waals surface area contributed by atoms with E-state index < -0.39 is 51.7 Å². The zero-order chi connectivity index (χ0) is 18.8. The van der Waals surface area contributed by atoms with Gasteiger partial charge in [-0.3, -0.25) is 4.79 Å². The highest BCUT2D eigenvalue weighted by Crippen LogP contribution is 2.34. The number of sulfonamides is 1.